The molecule has 0 aliphatic carbocycles. The molecule has 0 saturated carbocycles. The molecule has 3 rings (SSSR count). The molecule has 0 radical (unpaired) electrons. The Hall–Kier alpha value is -2.08. The van der Waals surface area contributed by atoms with Gasteiger partial charge in [-0.15, -0.1) is 11.3 Å². The number of halogens is 2. The fourth-order valence-electron chi connectivity index (χ4n) is 2.16. The van der Waals surface area contributed by atoms with Gasteiger partial charge in [0.2, 0.25) is 5.13 Å². The Morgan fingerprint density at radius 3 is 2.60 bits per heavy atom. The van der Waals surface area contributed by atoms with Crippen molar-refractivity contribution in [3.05, 3.63) is 63.5 Å². The lowest BCUT2D eigenvalue weighted by Crippen LogP contribution is -1.95. The maximum atomic E-state index is 6.18. The maximum Gasteiger partial charge on any atom is 0.203 e. The first-order valence-corrected chi connectivity index (χ1v) is 9.23. The Labute approximate surface area is 160 Å². The van der Waals surface area contributed by atoms with Gasteiger partial charge >= 0.3 is 0 Å². The van der Waals surface area contributed by atoms with E-state index in [2.05, 4.69) is 15.5 Å². The number of nitrogens with zero attached hydrogens (tertiary/aromatic N) is 2. The van der Waals surface area contributed by atoms with E-state index in [1.54, 1.807) is 18.3 Å². The van der Waals surface area contributed by atoms with Gasteiger partial charge in [0.15, 0.2) is 5.75 Å². The number of rotatable bonds is 6. The van der Waals surface area contributed by atoms with Crippen LogP contribution in [0.2, 0.25) is 10.0 Å². The smallest absolute Gasteiger partial charge is 0.203 e. The number of ether oxygens (including phenoxy) is 1. The van der Waals surface area contributed by atoms with Gasteiger partial charge in [0.1, 0.15) is 0 Å². The third kappa shape index (κ3) is 4.51. The third-order valence-corrected chi connectivity index (χ3v) is 4.57. The second-order valence-corrected chi connectivity index (χ2v) is 6.69. The van der Waals surface area contributed by atoms with Crippen LogP contribution in [0.3, 0.4) is 0 Å². The third-order valence-electron chi connectivity index (χ3n) is 3.26. The zero-order chi connectivity index (χ0) is 17.6. The number of hydrazone groups is 1. The van der Waals surface area contributed by atoms with Crippen LogP contribution in [0.4, 0.5) is 5.13 Å². The van der Waals surface area contributed by atoms with Gasteiger partial charge in [-0.2, -0.15) is 5.10 Å². The highest BCUT2D eigenvalue weighted by atomic mass is 35.5. The minimum absolute atomic E-state index is 0.455. The molecule has 0 bridgehead atoms. The van der Waals surface area contributed by atoms with Crippen molar-refractivity contribution in [3.8, 4) is 17.0 Å². The molecule has 128 valence electrons. The highest BCUT2D eigenvalue weighted by molar-refractivity contribution is 7.14. The second kappa shape index (κ2) is 8.34. The summed E-state index contributed by atoms with van der Waals surface area (Å²) in [6, 6.07) is 13.5. The molecule has 1 aromatic heterocycles. The van der Waals surface area contributed by atoms with Gasteiger partial charge in [-0.3, -0.25) is 5.43 Å². The van der Waals surface area contributed by atoms with Crippen molar-refractivity contribution in [2.75, 3.05) is 12.0 Å². The van der Waals surface area contributed by atoms with Gasteiger partial charge < -0.3 is 4.74 Å². The fourth-order valence-corrected chi connectivity index (χ4v) is 3.45. The van der Waals surface area contributed by atoms with E-state index >= 15 is 0 Å². The minimum atomic E-state index is 0.455. The zero-order valence-electron chi connectivity index (χ0n) is 13.4. The van der Waals surface area contributed by atoms with E-state index in [1.807, 2.05) is 42.6 Å². The van der Waals surface area contributed by atoms with Gasteiger partial charge in [-0.05, 0) is 24.6 Å². The van der Waals surface area contributed by atoms with Crippen LogP contribution in [0.5, 0.6) is 5.75 Å². The molecule has 0 amide bonds. The Balaban J connectivity index is 1.69. The van der Waals surface area contributed by atoms with Crippen LogP contribution in [-0.2, 0) is 0 Å². The molecule has 25 heavy (non-hydrogen) atoms. The van der Waals surface area contributed by atoms with E-state index in [0.29, 0.717) is 27.5 Å². The van der Waals surface area contributed by atoms with Gasteiger partial charge in [0.25, 0.3) is 0 Å². The van der Waals surface area contributed by atoms with Gasteiger partial charge in [-0.25, -0.2) is 4.98 Å². The summed E-state index contributed by atoms with van der Waals surface area (Å²) in [5, 5.41) is 7.79. The maximum absolute atomic E-state index is 6.18. The summed E-state index contributed by atoms with van der Waals surface area (Å²) in [6.45, 7) is 2.38. The molecule has 1 heterocycles. The highest BCUT2D eigenvalue weighted by Gasteiger charge is 2.08. The number of hydrogen-bond donors (Lipinski definition) is 1. The molecule has 0 aliphatic heterocycles. The highest BCUT2D eigenvalue weighted by Crippen LogP contribution is 2.33. The van der Waals surface area contributed by atoms with E-state index in [0.717, 1.165) is 16.8 Å². The van der Waals surface area contributed by atoms with Crippen molar-refractivity contribution in [2.24, 2.45) is 5.10 Å². The Bertz CT molecular complexity index is 858. The van der Waals surface area contributed by atoms with E-state index in [9.17, 15) is 0 Å². The lowest BCUT2D eigenvalue weighted by atomic mass is 10.2. The molecular formula is C18H15Cl2N3OS. The van der Waals surface area contributed by atoms with Crippen LogP contribution < -0.4 is 10.2 Å². The summed E-state index contributed by atoms with van der Waals surface area (Å²) < 4.78 is 5.41. The van der Waals surface area contributed by atoms with E-state index in [-0.39, 0.29) is 0 Å². The summed E-state index contributed by atoms with van der Waals surface area (Å²) in [5.74, 6) is 0.489. The molecule has 2 aromatic carbocycles. The average molecular weight is 392 g/mol. The molecule has 7 heteroatoms. The van der Waals surface area contributed by atoms with Gasteiger partial charge in [0, 0.05) is 10.9 Å². The molecule has 4 nitrogen and oxygen atoms in total. The molecule has 0 saturated heterocycles. The molecule has 0 atom stereocenters. The van der Waals surface area contributed by atoms with Crippen molar-refractivity contribution in [3.63, 3.8) is 0 Å². The first-order chi connectivity index (χ1) is 12.2. The molecule has 1 N–H and O–H groups in total. The van der Waals surface area contributed by atoms with Crippen molar-refractivity contribution < 1.29 is 4.74 Å². The van der Waals surface area contributed by atoms with Crippen LogP contribution in [0.15, 0.2) is 52.9 Å². The first-order valence-electron chi connectivity index (χ1n) is 7.59. The van der Waals surface area contributed by atoms with E-state index in [1.165, 1.54) is 11.3 Å². The second-order valence-electron chi connectivity index (χ2n) is 5.02. The monoisotopic (exact) mass is 391 g/mol. The van der Waals surface area contributed by atoms with Crippen molar-refractivity contribution >= 4 is 45.9 Å². The Morgan fingerprint density at radius 1 is 1.20 bits per heavy atom. The zero-order valence-corrected chi connectivity index (χ0v) is 15.7. The van der Waals surface area contributed by atoms with Crippen molar-refractivity contribution in [1.29, 1.82) is 0 Å². The number of nitrogens with one attached hydrogen (secondary N) is 1. The summed E-state index contributed by atoms with van der Waals surface area (Å²) >= 11 is 13.8. The predicted molar refractivity (Wildman–Crippen MR) is 106 cm³/mol. The fraction of sp³-hybridized carbons (Fsp3) is 0.111. The lowest BCUT2D eigenvalue weighted by molar-refractivity contribution is 0.340. The predicted octanol–water partition coefficient (Wildman–Crippen LogP) is 5.96. The molecule has 0 unspecified atom stereocenters. The normalized spacial score (nSPS) is 11.0. The topological polar surface area (TPSA) is 46.5 Å². The van der Waals surface area contributed by atoms with Crippen LogP contribution in [0.1, 0.15) is 12.5 Å². The largest absolute Gasteiger partial charge is 0.491 e. The molecular weight excluding hydrogens is 377 g/mol. The minimum Gasteiger partial charge on any atom is -0.491 e. The van der Waals surface area contributed by atoms with Crippen LogP contribution in [0, 0.1) is 0 Å². The summed E-state index contributed by atoms with van der Waals surface area (Å²) in [5.41, 5.74) is 5.67. The van der Waals surface area contributed by atoms with E-state index in [4.69, 9.17) is 27.9 Å². The molecule has 3 aromatic rings. The number of thiazole rings is 1. The summed E-state index contributed by atoms with van der Waals surface area (Å²) in [6.07, 6.45) is 1.64. The van der Waals surface area contributed by atoms with Crippen molar-refractivity contribution in [1.82, 2.24) is 4.98 Å². The molecule has 0 aliphatic rings. The Kier molecular flexibility index (Phi) is 5.91. The lowest BCUT2D eigenvalue weighted by Gasteiger charge is -2.08. The van der Waals surface area contributed by atoms with Crippen LogP contribution >= 0.6 is 34.5 Å². The number of aromatic nitrogens is 1. The van der Waals surface area contributed by atoms with E-state index < -0.39 is 0 Å². The molecule has 0 spiro atoms. The summed E-state index contributed by atoms with van der Waals surface area (Å²) in [4.78, 5) is 4.51. The molecule has 0 fully saturated rings. The van der Waals surface area contributed by atoms with Crippen molar-refractivity contribution in [2.45, 2.75) is 6.92 Å². The first kappa shape index (κ1) is 17.7. The SMILES string of the molecule is CCOc1c(Cl)cc(/C=N\Nc2nc(-c3ccccc3)cs2)cc1Cl. The van der Waals surface area contributed by atoms with Crippen LogP contribution in [-0.4, -0.2) is 17.8 Å². The van der Waals surface area contributed by atoms with Gasteiger partial charge in [0.05, 0.1) is 28.6 Å². The summed E-state index contributed by atoms with van der Waals surface area (Å²) in [7, 11) is 0. The number of anilines is 1. The standard InChI is InChI=1S/C18H15Cl2N3OS/c1-2-24-17-14(19)8-12(9-15(17)20)10-21-23-18-22-16(11-25-18)13-6-4-3-5-7-13/h3-11H,2H2,1H3,(H,22,23)/b21-10-. The quantitative estimate of drug-likeness (QED) is 0.416. The van der Waals surface area contributed by atoms with Gasteiger partial charge in [-0.1, -0.05) is 53.5 Å². The number of hydrogen-bond acceptors (Lipinski definition) is 5. The van der Waals surface area contributed by atoms with Crippen LogP contribution in [0.25, 0.3) is 11.3 Å². The average Bonchev–Trinajstić information content (AvgIpc) is 3.08. The Morgan fingerprint density at radius 2 is 1.92 bits per heavy atom. The number of benzene rings is 2.